The molecule has 0 bridgehead atoms. The van der Waals surface area contributed by atoms with Crippen LogP contribution in [0.2, 0.25) is 0 Å². The van der Waals surface area contributed by atoms with Crippen LogP contribution >= 0.6 is 0 Å². The van der Waals surface area contributed by atoms with E-state index >= 15 is 0 Å². The Bertz CT molecular complexity index is 167. The summed E-state index contributed by atoms with van der Waals surface area (Å²) in [5.41, 5.74) is 0. The highest BCUT2D eigenvalue weighted by Crippen LogP contribution is 2.26. The van der Waals surface area contributed by atoms with E-state index in [2.05, 4.69) is 0 Å². The molecule has 2 unspecified atom stereocenters. The van der Waals surface area contributed by atoms with Gasteiger partial charge in [-0.15, -0.1) is 0 Å². The Morgan fingerprint density at radius 2 is 1.83 bits per heavy atom. The van der Waals surface area contributed by atoms with Crippen LogP contribution in [0.1, 0.15) is 6.42 Å². The number of hydrogen-bond donors (Lipinski definition) is 2. The van der Waals surface area contributed by atoms with Crippen LogP contribution in [0, 0.1) is 0 Å². The van der Waals surface area contributed by atoms with Crippen molar-refractivity contribution in [2.45, 2.75) is 24.9 Å². The zero-order valence-corrected chi connectivity index (χ0v) is 5.68. The van der Waals surface area contributed by atoms with Crippen molar-refractivity contribution < 1.29 is 32.6 Å². The molecule has 0 aromatic heterocycles. The van der Waals surface area contributed by atoms with E-state index in [4.69, 9.17) is 10.2 Å². The first-order chi connectivity index (χ1) is 5.25. The van der Waals surface area contributed by atoms with Crippen LogP contribution in [-0.4, -0.2) is 34.6 Å². The summed E-state index contributed by atoms with van der Waals surface area (Å²) in [6.45, 7) is 0. The minimum absolute atomic E-state index is 1.47. The number of carboxylic acid groups (broad SMARTS) is 1. The molecule has 0 amide bonds. The molecule has 0 rings (SSSR count). The van der Waals surface area contributed by atoms with E-state index in [0.717, 1.165) is 0 Å². The number of alkyl halides is 4. The van der Waals surface area contributed by atoms with Crippen molar-refractivity contribution in [3.8, 4) is 0 Å². The summed E-state index contributed by atoms with van der Waals surface area (Å²) in [4.78, 5) is 9.78. The molecule has 0 saturated carbocycles. The van der Waals surface area contributed by atoms with Gasteiger partial charge in [-0.25, -0.2) is 9.18 Å². The fraction of sp³-hybridized carbons (Fsp3) is 0.800. The van der Waals surface area contributed by atoms with Crippen LogP contribution in [0.15, 0.2) is 0 Å². The smallest absolute Gasteiger partial charge is 0.419 e. The van der Waals surface area contributed by atoms with Crippen molar-refractivity contribution in [1.29, 1.82) is 0 Å². The molecular formula is C5H6F4O3. The fourth-order valence-corrected chi connectivity index (χ4v) is 0.430. The van der Waals surface area contributed by atoms with Crippen LogP contribution in [0.4, 0.5) is 17.6 Å². The lowest BCUT2D eigenvalue weighted by Crippen LogP contribution is -2.32. The van der Waals surface area contributed by atoms with Gasteiger partial charge in [-0.1, -0.05) is 0 Å². The second kappa shape index (κ2) is 3.70. The topological polar surface area (TPSA) is 57.5 Å². The number of carboxylic acids is 1. The molecule has 0 spiro atoms. The van der Waals surface area contributed by atoms with Gasteiger partial charge < -0.3 is 10.2 Å². The first-order valence-corrected chi connectivity index (χ1v) is 2.86. The quantitative estimate of drug-likeness (QED) is 0.644. The Kier molecular flexibility index (Phi) is 3.44. The van der Waals surface area contributed by atoms with Gasteiger partial charge in [0.1, 0.15) is 0 Å². The lowest BCUT2D eigenvalue weighted by atomic mass is 10.2. The van der Waals surface area contributed by atoms with Crippen molar-refractivity contribution in [1.82, 2.24) is 0 Å². The summed E-state index contributed by atoms with van der Waals surface area (Å²) in [5, 5.41) is 16.2. The van der Waals surface area contributed by atoms with E-state index in [-0.39, 0.29) is 0 Å². The van der Waals surface area contributed by atoms with E-state index < -0.39 is 30.8 Å². The number of hydrogen-bond acceptors (Lipinski definition) is 2. The minimum Gasteiger partial charge on any atom is -0.479 e. The molecule has 3 nitrogen and oxygen atoms in total. The number of aliphatic hydroxyl groups is 1. The maximum Gasteiger partial charge on any atom is 0.419 e. The van der Waals surface area contributed by atoms with Crippen molar-refractivity contribution in [3.05, 3.63) is 0 Å². The molecule has 0 saturated heterocycles. The second-order valence-electron chi connectivity index (χ2n) is 2.10. The Morgan fingerprint density at radius 3 is 2.08 bits per heavy atom. The van der Waals surface area contributed by atoms with E-state index in [1.54, 1.807) is 0 Å². The molecule has 7 heteroatoms. The average molecular weight is 190 g/mol. The highest BCUT2D eigenvalue weighted by Gasteiger charge is 2.42. The number of halogens is 4. The normalized spacial score (nSPS) is 17.1. The Balaban J connectivity index is 4.01. The van der Waals surface area contributed by atoms with Gasteiger partial charge >= 0.3 is 12.1 Å². The Morgan fingerprint density at radius 1 is 1.42 bits per heavy atom. The molecule has 2 atom stereocenters. The summed E-state index contributed by atoms with van der Waals surface area (Å²) in [6.07, 6.45) is -12.2. The van der Waals surface area contributed by atoms with E-state index in [0.29, 0.717) is 0 Å². The van der Waals surface area contributed by atoms with Crippen LogP contribution in [0.3, 0.4) is 0 Å². The molecular weight excluding hydrogens is 184 g/mol. The molecule has 0 heterocycles. The van der Waals surface area contributed by atoms with Gasteiger partial charge in [-0.2, -0.15) is 13.2 Å². The zero-order valence-electron chi connectivity index (χ0n) is 5.68. The van der Waals surface area contributed by atoms with Crippen LogP contribution in [0.25, 0.3) is 0 Å². The van der Waals surface area contributed by atoms with Gasteiger partial charge in [-0.3, -0.25) is 0 Å². The standard InChI is InChI=1S/C5H6F4O3/c6-3(5(7,8)9)1-2(10)4(11)12/h2-3,10H,1H2,(H,11,12). The average Bonchev–Trinajstić information content (AvgIpc) is 1.85. The van der Waals surface area contributed by atoms with Gasteiger partial charge in [-0.05, 0) is 0 Å². The lowest BCUT2D eigenvalue weighted by Gasteiger charge is -2.13. The first-order valence-electron chi connectivity index (χ1n) is 2.86. The molecule has 0 aromatic carbocycles. The SMILES string of the molecule is O=C(O)C(O)CC(F)C(F)(F)F. The predicted molar refractivity (Wildman–Crippen MR) is 29.2 cm³/mol. The molecule has 0 radical (unpaired) electrons. The number of rotatable bonds is 3. The molecule has 0 aromatic rings. The highest BCUT2D eigenvalue weighted by atomic mass is 19.4. The third-order valence-electron chi connectivity index (χ3n) is 1.07. The maximum atomic E-state index is 12.0. The lowest BCUT2D eigenvalue weighted by molar-refractivity contribution is -0.189. The molecule has 2 N–H and O–H groups in total. The van der Waals surface area contributed by atoms with Crippen molar-refractivity contribution in [2.24, 2.45) is 0 Å². The summed E-state index contributed by atoms with van der Waals surface area (Å²) >= 11 is 0. The summed E-state index contributed by atoms with van der Waals surface area (Å²) in [5.74, 6) is -1.87. The van der Waals surface area contributed by atoms with Gasteiger partial charge in [0.05, 0.1) is 0 Å². The summed E-state index contributed by atoms with van der Waals surface area (Å²) in [6, 6.07) is 0. The van der Waals surface area contributed by atoms with Gasteiger partial charge in [0.2, 0.25) is 0 Å². The third kappa shape index (κ3) is 3.51. The first kappa shape index (κ1) is 11.2. The van der Waals surface area contributed by atoms with Crippen molar-refractivity contribution >= 4 is 5.97 Å². The monoisotopic (exact) mass is 190 g/mol. The van der Waals surface area contributed by atoms with Gasteiger partial charge in [0, 0.05) is 6.42 Å². The van der Waals surface area contributed by atoms with Gasteiger partial charge in [0.15, 0.2) is 12.3 Å². The predicted octanol–water partition coefficient (Wildman–Crippen LogP) is 0.722. The fourth-order valence-electron chi connectivity index (χ4n) is 0.430. The zero-order chi connectivity index (χ0) is 9.94. The molecule has 0 fully saturated rings. The summed E-state index contributed by atoms with van der Waals surface area (Å²) < 4.78 is 46.2. The molecule has 72 valence electrons. The van der Waals surface area contributed by atoms with E-state index in [9.17, 15) is 22.4 Å². The van der Waals surface area contributed by atoms with Crippen LogP contribution in [0.5, 0.6) is 0 Å². The Labute approximate surface area is 64.6 Å². The third-order valence-corrected chi connectivity index (χ3v) is 1.07. The molecule has 0 aliphatic rings. The van der Waals surface area contributed by atoms with Crippen molar-refractivity contribution in [2.75, 3.05) is 0 Å². The highest BCUT2D eigenvalue weighted by molar-refractivity contribution is 5.71. The number of carbonyl (C=O) groups is 1. The van der Waals surface area contributed by atoms with E-state index in [1.165, 1.54) is 0 Å². The molecule has 0 aliphatic carbocycles. The maximum absolute atomic E-state index is 12.0. The number of aliphatic carboxylic acids is 1. The van der Waals surface area contributed by atoms with Gasteiger partial charge in [0.25, 0.3) is 0 Å². The van der Waals surface area contributed by atoms with Crippen LogP contribution < -0.4 is 0 Å². The summed E-state index contributed by atoms with van der Waals surface area (Å²) in [7, 11) is 0. The minimum atomic E-state index is -5.11. The number of aliphatic hydroxyl groups excluding tert-OH is 1. The van der Waals surface area contributed by atoms with Crippen molar-refractivity contribution in [3.63, 3.8) is 0 Å². The second-order valence-corrected chi connectivity index (χ2v) is 2.10. The largest absolute Gasteiger partial charge is 0.479 e. The van der Waals surface area contributed by atoms with Crippen LogP contribution in [-0.2, 0) is 4.79 Å². The Hall–Kier alpha value is -0.850. The molecule has 0 aliphatic heterocycles. The molecule has 12 heavy (non-hydrogen) atoms. The van der Waals surface area contributed by atoms with E-state index in [1.807, 2.05) is 0 Å².